The molecule has 88 valence electrons. The molecular weight excluding hydrogens is 204 g/mol. The Labute approximate surface area is 105 Å². The molecule has 1 rings (SSSR count). The van der Waals surface area contributed by atoms with Gasteiger partial charge in [-0.2, -0.15) is 0 Å². The van der Waals surface area contributed by atoms with Gasteiger partial charge in [0.25, 0.3) is 0 Å². The van der Waals surface area contributed by atoms with Crippen LogP contribution >= 0.6 is 0 Å². The molecule has 0 atom stereocenters. The molecule has 0 amide bonds. The second-order valence-electron chi connectivity index (χ2n) is 4.08. The van der Waals surface area contributed by atoms with Gasteiger partial charge in [0.1, 0.15) is 0 Å². The van der Waals surface area contributed by atoms with Crippen LogP contribution in [0, 0.1) is 6.92 Å². The zero-order chi connectivity index (χ0) is 12.8. The minimum atomic E-state index is 0.975. The van der Waals surface area contributed by atoms with E-state index in [1.54, 1.807) is 0 Å². The van der Waals surface area contributed by atoms with Crippen molar-refractivity contribution in [2.24, 2.45) is 0 Å². The van der Waals surface area contributed by atoms with E-state index in [1.807, 2.05) is 12.2 Å². The molecular formula is C17H20. The molecule has 0 spiro atoms. The van der Waals surface area contributed by atoms with E-state index >= 15 is 0 Å². The van der Waals surface area contributed by atoms with Crippen molar-refractivity contribution in [2.45, 2.75) is 20.3 Å². The Morgan fingerprint density at radius 3 is 2.53 bits per heavy atom. The third-order valence-electron chi connectivity index (χ3n) is 2.87. The van der Waals surface area contributed by atoms with Crippen molar-refractivity contribution in [1.29, 1.82) is 0 Å². The minimum absolute atomic E-state index is 0.975. The normalized spacial score (nSPS) is 11.1. The molecule has 0 aliphatic heterocycles. The Bertz CT molecular complexity index is 473. The highest BCUT2D eigenvalue weighted by Gasteiger charge is 2.02. The summed E-state index contributed by atoms with van der Waals surface area (Å²) in [5, 5.41) is 0. The van der Waals surface area contributed by atoms with Crippen LogP contribution in [-0.2, 0) is 0 Å². The molecule has 17 heavy (non-hydrogen) atoms. The van der Waals surface area contributed by atoms with E-state index in [9.17, 15) is 0 Å². The Kier molecular flexibility index (Phi) is 4.71. The van der Waals surface area contributed by atoms with Gasteiger partial charge in [0.15, 0.2) is 0 Å². The zero-order valence-corrected chi connectivity index (χ0v) is 10.8. The summed E-state index contributed by atoms with van der Waals surface area (Å²) >= 11 is 0. The number of hydrogen-bond donors (Lipinski definition) is 0. The van der Waals surface area contributed by atoms with E-state index < -0.39 is 0 Å². The van der Waals surface area contributed by atoms with Gasteiger partial charge in [-0.05, 0) is 47.2 Å². The van der Waals surface area contributed by atoms with E-state index in [1.165, 1.54) is 16.7 Å². The summed E-state index contributed by atoms with van der Waals surface area (Å²) < 4.78 is 0. The van der Waals surface area contributed by atoms with Gasteiger partial charge in [0.05, 0.1) is 0 Å². The molecule has 0 aliphatic rings. The molecule has 1 aromatic rings. The van der Waals surface area contributed by atoms with E-state index in [-0.39, 0.29) is 0 Å². The lowest BCUT2D eigenvalue weighted by molar-refractivity contribution is 1.15. The van der Waals surface area contributed by atoms with E-state index in [4.69, 9.17) is 0 Å². The molecule has 0 saturated heterocycles. The van der Waals surface area contributed by atoms with Crippen molar-refractivity contribution in [1.82, 2.24) is 0 Å². The van der Waals surface area contributed by atoms with Crippen LogP contribution in [0.2, 0.25) is 0 Å². The fourth-order valence-corrected chi connectivity index (χ4v) is 1.72. The van der Waals surface area contributed by atoms with E-state index in [0.717, 1.165) is 17.6 Å². The van der Waals surface area contributed by atoms with Crippen molar-refractivity contribution < 1.29 is 0 Å². The highest BCUT2D eigenvalue weighted by atomic mass is 14.1. The highest BCUT2D eigenvalue weighted by molar-refractivity contribution is 5.76. The second kappa shape index (κ2) is 6.05. The summed E-state index contributed by atoms with van der Waals surface area (Å²) in [6.45, 7) is 16.0. The Morgan fingerprint density at radius 2 is 2.00 bits per heavy atom. The molecule has 0 nitrogen and oxygen atoms in total. The van der Waals surface area contributed by atoms with Gasteiger partial charge in [-0.3, -0.25) is 0 Å². The van der Waals surface area contributed by atoms with Gasteiger partial charge >= 0.3 is 0 Å². The topological polar surface area (TPSA) is 0 Å². The third-order valence-corrected chi connectivity index (χ3v) is 2.87. The average molecular weight is 224 g/mol. The van der Waals surface area contributed by atoms with Crippen LogP contribution in [0.1, 0.15) is 30.0 Å². The van der Waals surface area contributed by atoms with Gasteiger partial charge in [-0.25, -0.2) is 0 Å². The third kappa shape index (κ3) is 3.32. The molecule has 0 unspecified atom stereocenters. The van der Waals surface area contributed by atoms with Crippen LogP contribution in [-0.4, -0.2) is 0 Å². The quantitative estimate of drug-likeness (QED) is 0.605. The number of allylic oxidation sites excluding steroid dienone is 4. The molecule has 0 radical (unpaired) electrons. The summed E-state index contributed by atoms with van der Waals surface area (Å²) in [7, 11) is 0. The molecule has 0 aromatic heterocycles. The lowest BCUT2D eigenvalue weighted by Crippen LogP contribution is -1.88. The summed E-state index contributed by atoms with van der Waals surface area (Å²) in [6, 6.07) is 6.29. The first-order valence-electron chi connectivity index (χ1n) is 5.87. The predicted molar refractivity (Wildman–Crippen MR) is 78.9 cm³/mol. The van der Waals surface area contributed by atoms with E-state index in [2.05, 4.69) is 57.9 Å². The van der Waals surface area contributed by atoms with Crippen molar-refractivity contribution in [2.75, 3.05) is 0 Å². The molecule has 0 bridgehead atoms. The lowest BCUT2D eigenvalue weighted by atomic mass is 9.97. The van der Waals surface area contributed by atoms with Crippen molar-refractivity contribution in [3.05, 3.63) is 72.4 Å². The Morgan fingerprint density at radius 1 is 1.29 bits per heavy atom. The first-order chi connectivity index (χ1) is 8.12. The molecule has 0 saturated carbocycles. The number of aryl methyl sites for hydroxylation is 1. The van der Waals surface area contributed by atoms with Gasteiger partial charge in [0, 0.05) is 0 Å². The Balaban J connectivity index is 3.15. The van der Waals surface area contributed by atoms with Crippen molar-refractivity contribution in [3.8, 4) is 0 Å². The van der Waals surface area contributed by atoms with Gasteiger partial charge < -0.3 is 0 Å². The maximum atomic E-state index is 4.14. The maximum absolute atomic E-state index is 4.14. The molecule has 0 heterocycles. The fraction of sp³-hybridized carbons (Fsp3) is 0.176. The molecule has 0 fully saturated rings. The lowest BCUT2D eigenvalue weighted by Gasteiger charge is -2.08. The van der Waals surface area contributed by atoms with Crippen LogP contribution in [0.3, 0.4) is 0 Å². The number of rotatable bonds is 5. The second-order valence-corrected chi connectivity index (χ2v) is 4.08. The maximum Gasteiger partial charge on any atom is -0.0155 e. The molecule has 0 aliphatic carbocycles. The standard InChI is InChI=1S/C17H20/c1-6-15(7-2)11-14(5)17-12-16(8-3)10-9-13(17)4/h6,8-12H,1,3,5,7H2,2,4H3/b15-11-. The van der Waals surface area contributed by atoms with Crippen LogP contribution in [0.25, 0.3) is 11.6 Å². The number of benzene rings is 1. The number of hydrogen-bond acceptors (Lipinski definition) is 0. The van der Waals surface area contributed by atoms with E-state index in [0.29, 0.717) is 0 Å². The van der Waals surface area contributed by atoms with Crippen molar-refractivity contribution in [3.63, 3.8) is 0 Å². The first kappa shape index (κ1) is 13.2. The van der Waals surface area contributed by atoms with Crippen LogP contribution < -0.4 is 0 Å². The smallest absolute Gasteiger partial charge is 0.0155 e. The van der Waals surface area contributed by atoms with Gasteiger partial charge in [-0.15, -0.1) is 0 Å². The fourth-order valence-electron chi connectivity index (χ4n) is 1.72. The minimum Gasteiger partial charge on any atom is -0.0988 e. The summed E-state index contributed by atoms with van der Waals surface area (Å²) in [4.78, 5) is 0. The molecule has 0 N–H and O–H groups in total. The largest absolute Gasteiger partial charge is 0.0988 e. The van der Waals surface area contributed by atoms with Gasteiger partial charge in [0.2, 0.25) is 0 Å². The SMILES string of the molecule is C=C/C(=C/C(=C)c1cc(C=C)ccc1C)CC. The zero-order valence-electron chi connectivity index (χ0n) is 10.8. The molecule has 1 aromatic carbocycles. The van der Waals surface area contributed by atoms with Crippen molar-refractivity contribution >= 4 is 11.6 Å². The Hall–Kier alpha value is -1.82. The monoisotopic (exact) mass is 224 g/mol. The summed E-state index contributed by atoms with van der Waals surface area (Å²) in [5.41, 5.74) is 5.77. The molecule has 0 heteroatoms. The predicted octanol–water partition coefficient (Wildman–Crippen LogP) is 5.17. The van der Waals surface area contributed by atoms with Gasteiger partial charge in [-0.1, -0.05) is 57.0 Å². The summed E-state index contributed by atoms with van der Waals surface area (Å²) in [6.07, 6.45) is 6.82. The van der Waals surface area contributed by atoms with Crippen LogP contribution in [0.15, 0.2) is 55.7 Å². The first-order valence-corrected chi connectivity index (χ1v) is 5.87. The average Bonchev–Trinajstić information content (AvgIpc) is 2.36. The highest BCUT2D eigenvalue weighted by Crippen LogP contribution is 2.22. The summed E-state index contributed by atoms with van der Waals surface area (Å²) in [5.74, 6) is 0. The van der Waals surface area contributed by atoms with Crippen LogP contribution in [0.4, 0.5) is 0 Å². The van der Waals surface area contributed by atoms with Crippen LogP contribution in [0.5, 0.6) is 0 Å².